The molecule has 1 saturated heterocycles. The van der Waals surface area contributed by atoms with Gasteiger partial charge in [0.05, 0.1) is 13.2 Å². The second-order valence-electron chi connectivity index (χ2n) is 6.86. The number of ether oxygens (including phenoxy) is 1. The van der Waals surface area contributed by atoms with E-state index in [1.165, 1.54) is 30.5 Å². The van der Waals surface area contributed by atoms with E-state index in [4.69, 9.17) is 9.73 Å². The van der Waals surface area contributed by atoms with Crippen molar-refractivity contribution in [1.29, 1.82) is 0 Å². The Morgan fingerprint density at radius 2 is 2.08 bits per heavy atom. The molecule has 1 aromatic rings. The summed E-state index contributed by atoms with van der Waals surface area (Å²) in [6, 6.07) is 9.26. The minimum atomic E-state index is 0. The number of rotatable bonds is 8. The first-order valence-electron chi connectivity index (χ1n) is 9.42. The molecule has 6 heteroatoms. The number of nitrogens with zero attached hydrogens (tertiary/aromatic N) is 3. The van der Waals surface area contributed by atoms with Gasteiger partial charge in [0.1, 0.15) is 0 Å². The molecule has 1 atom stereocenters. The van der Waals surface area contributed by atoms with Crippen molar-refractivity contribution < 1.29 is 4.74 Å². The third-order valence-electron chi connectivity index (χ3n) is 4.77. The average molecular weight is 474 g/mol. The summed E-state index contributed by atoms with van der Waals surface area (Å²) in [4.78, 5) is 9.64. The normalized spacial score (nSPS) is 17.8. The van der Waals surface area contributed by atoms with Crippen LogP contribution in [-0.4, -0.2) is 68.7 Å². The van der Waals surface area contributed by atoms with Crippen molar-refractivity contribution in [2.45, 2.75) is 39.3 Å². The van der Waals surface area contributed by atoms with Crippen LogP contribution in [0.15, 0.2) is 29.3 Å². The zero-order chi connectivity index (χ0) is 18.1. The van der Waals surface area contributed by atoms with Crippen LogP contribution in [0.5, 0.6) is 0 Å². The number of methoxy groups -OCH3 is 1. The molecule has 1 aliphatic rings. The highest BCUT2D eigenvalue weighted by molar-refractivity contribution is 14.0. The van der Waals surface area contributed by atoms with Crippen molar-refractivity contribution in [1.82, 2.24) is 15.1 Å². The Kier molecular flexibility index (Phi) is 11.2. The molecule has 0 saturated carbocycles. The van der Waals surface area contributed by atoms with Crippen molar-refractivity contribution in [3.8, 4) is 0 Å². The maximum atomic E-state index is 5.23. The summed E-state index contributed by atoms with van der Waals surface area (Å²) in [6.07, 6.45) is 2.49. The number of likely N-dealkylation sites (tertiary alicyclic amines) is 1. The van der Waals surface area contributed by atoms with Crippen LogP contribution in [0.4, 0.5) is 0 Å². The van der Waals surface area contributed by atoms with E-state index in [0.717, 1.165) is 38.7 Å². The number of aliphatic imine (C=N–C) groups is 1. The molecule has 0 amide bonds. The van der Waals surface area contributed by atoms with Gasteiger partial charge in [0.15, 0.2) is 5.96 Å². The maximum Gasteiger partial charge on any atom is 0.194 e. The lowest BCUT2D eigenvalue weighted by Crippen LogP contribution is -2.40. The highest BCUT2D eigenvalue weighted by Gasteiger charge is 2.23. The van der Waals surface area contributed by atoms with Crippen LogP contribution in [0.1, 0.15) is 30.9 Å². The molecule has 1 unspecified atom stereocenters. The number of halogens is 1. The molecule has 0 aliphatic carbocycles. The average Bonchev–Trinajstić information content (AvgIpc) is 3.06. The van der Waals surface area contributed by atoms with E-state index in [-0.39, 0.29) is 24.0 Å². The van der Waals surface area contributed by atoms with Gasteiger partial charge in [-0.3, -0.25) is 9.89 Å². The van der Waals surface area contributed by atoms with Gasteiger partial charge in [0.25, 0.3) is 0 Å². The molecule has 1 aromatic carbocycles. The molecule has 1 fully saturated rings. The minimum Gasteiger partial charge on any atom is -0.383 e. The quantitative estimate of drug-likeness (QED) is 0.357. The van der Waals surface area contributed by atoms with Gasteiger partial charge in [-0.2, -0.15) is 0 Å². The Balaban J connectivity index is 0.00000338. The van der Waals surface area contributed by atoms with Crippen molar-refractivity contribution in [3.63, 3.8) is 0 Å². The second kappa shape index (κ2) is 12.5. The van der Waals surface area contributed by atoms with Gasteiger partial charge < -0.3 is 15.0 Å². The van der Waals surface area contributed by atoms with E-state index in [1.54, 1.807) is 7.11 Å². The van der Waals surface area contributed by atoms with Gasteiger partial charge in [0.2, 0.25) is 0 Å². The molecule has 5 nitrogen and oxygen atoms in total. The zero-order valence-corrected chi connectivity index (χ0v) is 19.0. The van der Waals surface area contributed by atoms with Crippen LogP contribution in [0.3, 0.4) is 0 Å². The van der Waals surface area contributed by atoms with E-state index in [1.807, 2.05) is 0 Å². The van der Waals surface area contributed by atoms with Crippen LogP contribution in [-0.2, 0) is 11.3 Å². The smallest absolute Gasteiger partial charge is 0.194 e. The van der Waals surface area contributed by atoms with Crippen LogP contribution in [0.25, 0.3) is 0 Å². The number of hydrogen-bond donors (Lipinski definition) is 1. The van der Waals surface area contributed by atoms with Gasteiger partial charge in [-0.25, -0.2) is 0 Å². The standard InChI is InChI=1S/C20H34N4O.HI/c1-5-21-20(23(3)16-18-10-8-17(2)9-11-18)22-15-19-7-6-12-24(19)13-14-25-4;/h8-11,19H,5-7,12-16H2,1-4H3,(H,21,22);1H. The molecule has 0 bridgehead atoms. The first kappa shape index (κ1) is 23.2. The van der Waals surface area contributed by atoms with Crippen molar-refractivity contribution >= 4 is 29.9 Å². The lowest BCUT2D eigenvalue weighted by atomic mass is 10.1. The van der Waals surface area contributed by atoms with Crippen molar-refractivity contribution in [3.05, 3.63) is 35.4 Å². The van der Waals surface area contributed by atoms with Gasteiger partial charge in [-0.05, 0) is 38.8 Å². The SMILES string of the molecule is CCNC(=NCC1CCCN1CCOC)N(C)Cc1ccc(C)cc1.I. The van der Waals surface area contributed by atoms with E-state index in [0.29, 0.717) is 6.04 Å². The number of nitrogens with one attached hydrogen (secondary N) is 1. The third-order valence-corrected chi connectivity index (χ3v) is 4.77. The van der Waals surface area contributed by atoms with Crippen LogP contribution < -0.4 is 5.32 Å². The lowest BCUT2D eigenvalue weighted by molar-refractivity contribution is 0.142. The molecule has 2 rings (SSSR count). The predicted octanol–water partition coefficient (Wildman–Crippen LogP) is 3.12. The van der Waals surface area contributed by atoms with E-state index < -0.39 is 0 Å². The van der Waals surface area contributed by atoms with Gasteiger partial charge >= 0.3 is 0 Å². The van der Waals surface area contributed by atoms with Gasteiger partial charge in [-0.15, -0.1) is 24.0 Å². The molecule has 0 radical (unpaired) electrons. The Labute approximate surface area is 176 Å². The summed E-state index contributed by atoms with van der Waals surface area (Å²) < 4.78 is 5.23. The molecular formula is C20H35IN4O. The Morgan fingerprint density at radius 1 is 1.35 bits per heavy atom. The fourth-order valence-corrected chi connectivity index (χ4v) is 3.31. The van der Waals surface area contributed by atoms with Crippen molar-refractivity contribution in [2.75, 3.05) is 46.9 Å². The molecule has 1 aliphatic heterocycles. The zero-order valence-electron chi connectivity index (χ0n) is 16.7. The highest BCUT2D eigenvalue weighted by atomic mass is 127. The van der Waals surface area contributed by atoms with Crippen LogP contribution in [0.2, 0.25) is 0 Å². The van der Waals surface area contributed by atoms with Gasteiger partial charge in [-0.1, -0.05) is 29.8 Å². The molecule has 1 heterocycles. The predicted molar refractivity (Wildman–Crippen MR) is 121 cm³/mol. The number of benzene rings is 1. The summed E-state index contributed by atoms with van der Waals surface area (Å²) in [6.45, 7) is 9.81. The molecule has 0 aromatic heterocycles. The highest BCUT2D eigenvalue weighted by Crippen LogP contribution is 2.17. The summed E-state index contributed by atoms with van der Waals surface area (Å²) in [5, 5.41) is 3.43. The molecule has 1 N–H and O–H groups in total. The number of hydrogen-bond acceptors (Lipinski definition) is 3. The monoisotopic (exact) mass is 474 g/mol. The number of aryl methyl sites for hydroxylation is 1. The lowest BCUT2D eigenvalue weighted by Gasteiger charge is -2.25. The molecule has 26 heavy (non-hydrogen) atoms. The Morgan fingerprint density at radius 3 is 2.73 bits per heavy atom. The summed E-state index contributed by atoms with van der Waals surface area (Å²) in [5.74, 6) is 0.988. The van der Waals surface area contributed by atoms with E-state index >= 15 is 0 Å². The first-order chi connectivity index (χ1) is 12.1. The van der Waals surface area contributed by atoms with E-state index in [9.17, 15) is 0 Å². The minimum absolute atomic E-state index is 0. The van der Waals surface area contributed by atoms with Crippen LogP contribution >= 0.6 is 24.0 Å². The first-order valence-corrected chi connectivity index (χ1v) is 9.42. The molecule has 0 spiro atoms. The summed E-state index contributed by atoms with van der Waals surface area (Å²) in [7, 11) is 3.88. The Bertz CT molecular complexity index is 535. The maximum absolute atomic E-state index is 5.23. The van der Waals surface area contributed by atoms with Gasteiger partial charge in [0, 0.05) is 39.8 Å². The third kappa shape index (κ3) is 7.40. The molecule has 148 valence electrons. The number of guanidine groups is 1. The second-order valence-corrected chi connectivity index (χ2v) is 6.86. The fraction of sp³-hybridized carbons (Fsp3) is 0.650. The summed E-state index contributed by atoms with van der Waals surface area (Å²) >= 11 is 0. The molecular weight excluding hydrogens is 439 g/mol. The topological polar surface area (TPSA) is 40.1 Å². The largest absolute Gasteiger partial charge is 0.383 e. The van der Waals surface area contributed by atoms with Crippen LogP contribution in [0, 0.1) is 6.92 Å². The summed E-state index contributed by atoms with van der Waals surface area (Å²) in [5.41, 5.74) is 2.60. The van der Waals surface area contributed by atoms with Crippen molar-refractivity contribution in [2.24, 2.45) is 4.99 Å². The van der Waals surface area contributed by atoms with E-state index in [2.05, 4.69) is 60.3 Å². The fourth-order valence-electron chi connectivity index (χ4n) is 3.31. The Hall–Kier alpha value is -0.860.